The Morgan fingerprint density at radius 2 is 1.88 bits per heavy atom. The van der Waals surface area contributed by atoms with Gasteiger partial charge in [0.2, 0.25) is 5.95 Å². The van der Waals surface area contributed by atoms with Crippen molar-refractivity contribution in [2.45, 2.75) is 72.5 Å². The molecule has 0 saturated heterocycles. The van der Waals surface area contributed by atoms with Crippen molar-refractivity contribution < 1.29 is 9.90 Å². The predicted octanol–water partition coefficient (Wildman–Crippen LogP) is 4.48. The molecule has 2 aliphatic heterocycles. The van der Waals surface area contributed by atoms with Gasteiger partial charge in [-0.3, -0.25) is 4.79 Å². The Balaban J connectivity index is 2.11. The number of benzene rings is 1. The van der Waals surface area contributed by atoms with E-state index in [1.54, 1.807) is 6.92 Å². The lowest BCUT2D eigenvalue weighted by molar-refractivity contribution is 0.101. The molecule has 0 bridgehead atoms. The van der Waals surface area contributed by atoms with Crippen LogP contribution < -0.4 is 10.6 Å². The van der Waals surface area contributed by atoms with E-state index in [4.69, 9.17) is 4.98 Å². The fraction of sp³-hybridized carbons (Fsp3) is 0.500. The molecule has 2 aliphatic rings. The van der Waals surface area contributed by atoms with E-state index in [9.17, 15) is 9.90 Å². The standard InChI is InChI=1S/C24H34N6O2/c1-7-18(13-31)26-24-27-23(25-12-17-10-8-9-11-19(17)16(6)32)21-22(30(24)15(4)5)20(14(2)3)28-29-21/h8-11,14-15,18,25,31H,7,12-13H2,1-6H3,(H,26,27). The molecule has 1 atom stereocenters. The van der Waals surface area contributed by atoms with Crippen LogP contribution >= 0.6 is 0 Å². The second-order valence-corrected chi connectivity index (χ2v) is 8.68. The molecule has 0 aromatic heterocycles. The van der Waals surface area contributed by atoms with Gasteiger partial charge < -0.3 is 20.3 Å². The van der Waals surface area contributed by atoms with Gasteiger partial charge in [-0.25, -0.2) is 0 Å². The third-order valence-corrected chi connectivity index (χ3v) is 5.59. The summed E-state index contributed by atoms with van der Waals surface area (Å²) >= 11 is 0. The topological polar surface area (TPSA) is 105 Å². The van der Waals surface area contributed by atoms with E-state index >= 15 is 0 Å². The van der Waals surface area contributed by atoms with E-state index in [0.29, 0.717) is 29.6 Å². The number of aliphatic hydroxyl groups excluding tert-OH is 1. The average Bonchev–Trinajstić information content (AvgIpc) is 3.20. The molecule has 172 valence electrons. The smallest absolute Gasteiger partial charge is 0.205 e. The highest BCUT2D eigenvalue weighted by atomic mass is 16.3. The molecule has 0 radical (unpaired) electrons. The zero-order valence-electron chi connectivity index (χ0n) is 19.8. The van der Waals surface area contributed by atoms with E-state index in [1.807, 2.05) is 31.2 Å². The Bertz CT molecular complexity index is 1040. The Labute approximate surface area is 189 Å². The van der Waals surface area contributed by atoms with Gasteiger partial charge in [-0.1, -0.05) is 45.0 Å². The van der Waals surface area contributed by atoms with E-state index in [0.717, 1.165) is 23.4 Å². The number of nitrogens with zero attached hydrogens (tertiary/aromatic N) is 4. The summed E-state index contributed by atoms with van der Waals surface area (Å²) in [6, 6.07) is 7.55. The van der Waals surface area contributed by atoms with E-state index in [2.05, 4.69) is 53.1 Å². The predicted molar refractivity (Wildman–Crippen MR) is 127 cm³/mol. The fourth-order valence-corrected chi connectivity index (χ4v) is 3.81. The Morgan fingerprint density at radius 1 is 1.16 bits per heavy atom. The molecule has 0 fully saturated rings. The third-order valence-electron chi connectivity index (χ3n) is 5.59. The van der Waals surface area contributed by atoms with Crippen LogP contribution in [0.25, 0.3) is 11.4 Å². The molecule has 0 aliphatic carbocycles. The molecule has 0 saturated carbocycles. The van der Waals surface area contributed by atoms with Crippen LogP contribution in [0.1, 0.15) is 81.5 Å². The second kappa shape index (κ2) is 10.1. The summed E-state index contributed by atoms with van der Waals surface area (Å²) in [6.07, 6.45) is 0.762. The highest BCUT2D eigenvalue weighted by Gasteiger charge is 2.28. The minimum atomic E-state index is -0.116. The number of aromatic nitrogens is 4. The van der Waals surface area contributed by atoms with E-state index < -0.39 is 0 Å². The first-order valence-corrected chi connectivity index (χ1v) is 11.3. The Morgan fingerprint density at radius 3 is 2.47 bits per heavy atom. The van der Waals surface area contributed by atoms with Crippen molar-refractivity contribution in [3.05, 3.63) is 41.1 Å². The Hall–Kier alpha value is -3.00. The molecule has 0 spiro atoms. The van der Waals surface area contributed by atoms with Gasteiger partial charge in [0.25, 0.3) is 0 Å². The maximum Gasteiger partial charge on any atom is 0.205 e. The molecule has 8 heteroatoms. The van der Waals surface area contributed by atoms with Crippen molar-refractivity contribution in [2.24, 2.45) is 0 Å². The van der Waals surface area contributed by atoms with Crippen molar-refractivity contribution in [3.63, 3.8) is 0 Å². The lowest BCUT2D eigenvalue weighted by Crippen LogP contribution is -2.28. The highest BCUT2D eigenvalue weighted by Crippen LogP contribution is 2.37. The maximum atomic E-state index is 12.0. The minimum absolute atomic E-state index is 0.0115. The first-order valence-electron chi connectivity index (χ1n) is 11.3. The number of Topliss-reactive ketones (excluding diaryl/α,β-unsaturated/α-hetero) is 1. The molecule has 1 aromatic rings. The number of nitrogens with one attached hydrogen (secondary N) is 2. The summed E-state index contributed by atoms with van der Waals surface area (Å²) in [4.78, 5) is 16.9. The average molecular weight is 439 g/mol. The van der Waals surface area contributed by atoms with Crippen LogP contribution in [0.5, 0.6) is 0 Å². The van der Waals surface area contributed by atoms with Crippen molar-refractivity contribution in [1.29, 1.82) is 0 Å². The van der Waals surface area contributed by atoms with Gasteiger partial charge in [0.1, 0.15) is 0 Å². The summed E-state index contributed by atoms with van der Waals surface area (Å²) in [7, 11) is 0. The van der Waals surface area contributed by atoms with Gasteiger partial charge in [-0.15, -0.1) is 5.10 Å². The summed E-state index contributed by atoms with van der Waals surface area (Å²) in [6.45, 7) is 12.4. The number of hydrogen-bond donors (Lipinski definition) is 3. The zero-order chi connectivity index (χ0) is 23.4. The number of fused-ring (bicyclic) bond motifs is 1. The maximum absolute atomic E-state index is 12.0. The molecule has 1 unspecified atom stereocenters. The quantitative estimate of drug-likeness (QED) is 0.401. The SMILES string of the molecule is CCC(CO)Nc1nc(NCc2ccccc2C(C)=O)c2nnc(C(C)C)c-2n1C(C)C. The lowest BCUT2D eigenvalue weighted by Gasteiger charge is -2.26. The van der Waals surface area contributed by atoms with Crippen LogP contribution in [0.4, 0.5) is 11.8 Å². The van der Waals surface area contributed by atoms with Crippen molar-refractivity contribution in [3.8, 4) is 11.4 Å². The minimum Gasteiger partial charge on any atom is -0.394 e. The first kappa shape index (κ1) is 23.7. The lowest BCUT2D eigenvalue weighted by atomic mass is 10.0. The van der Waals surface area contributed by atoms with Crippen molar-refractivity contribution in [1.82, 2.24) is 19.7 Å². The van der Waals surface area contributed by atoms with Gasteiger partial charge in [0, 0.05) is 18.2 Å². The number of carbonyl (C=O) groups excluding carboxylic acids is 1. The molecular weight excluding hydrogens is 404 g/mol. The fourth-order valence-electron chi connectivity index (χ4n) is 3.81. The molecule has 3 rings (SSSR count). The number of aliphatic hydroxyl groups is 1. The van der Waals surface area contributed by atoms with Crippen LogP contribution in [0.2, 0.25) is 0 Å². The van der Waals surface area contributed by atoms with Crippen LogP contribution in [-0.2, 0) is 6.54 Å². The normalized spacial score (nSPS) is 12.5. The summed E-state index contributed by atoms with van der Waals surface area (Å²) in [5.41, 5.74) is 4.12. The highest BCUT2D eigenvalue weighted by molar-refractivity contribution is 5.95. The second-order valence-electron chi connectivity index (χ2n) is 8.68. The van der Waals surface area contributed by atoms with E-state index in [-0.39, 0.29) is 30.4 Å². The molecule has 8 nitrogen and oxygen atoms in total. The van der Waals surface area contributed by atoms with Crippen LogP contribution in [-0.4, -0.2) is 43.3 Å². The molecule has 0 amide bonds. The Kier molecular flexibility index (Phi) is 7.45. The monoisotopic (exact) mass is 438 g/mol. The van der Waals surface area contributed by atoms with Gasteiger partial charge in [0.15, 0.2) is 17.3 Å². The van der Waals surface area contributed by atoms with Crippen LogP contribution in [0, 0.1) is 0 Å². The summed E-state index contributed by atoms with van der Waals surface area (Å²) in [5.74, 6) is 1.47. The largest absolute Gasteiger partial charge is 0.394 e. The van der Waals surface area contributed by atoms with Gasteiger partial charge >= 0.3 is 0 Å². The molecule has 32 heavy (non-hydrogen) atoms. The summed E-state index contributed by atoms with van der Waals surface area (Å²) in [5, 5.41) is 25.5. The summed E-state index contributed by atoms with van der Waals surface area (Å²) < 4.78 is 2.11. The van der Waals surface area contributed by atoms with Gasteiger partial charge in [-0.05, 0) is 38.7 Å². The number of hydrogen-bond acceptors (Lipinski definition) is 7. The number of ketones is 1. The zero-order valence-corrected chi connectivity index (χ0v) is 19.8. The number of carbonyl (C=O) groups is 1. The third kappa shape index (κ3) is 4.75. The molecule has 2 heterocycles. The number of rotatable bonds is 10. The molecule has 3 N–H and O–H groups in total. The van der Waals surface area contributed by atoms with Crippen molar-refractivity contribution >= 4 is 17.5 Å². The van der Waals surface area contributed by atoms with Crippen molar-refractivity contribution in [2.75, 3.05) is 17.2 Å². The van der Waals surface area contributed by atoms with Crippen LogP contribution in [0.3, 0.4) is 0 Å². The van der Waals surface area contributed by atoms with E-state index in [1.165, 1.54) is 0 Å². The molecule has 1 aromatic carbocycles. The first-order chi connectivity index (χ1) is 15.3. The molecular formula is C24H34N6O2. The number of anilines is 2. The van der Waals surface area contributed by atoms with Crippen LogP contribution in [0.15, 0.2) is 24.3 Å². The van der Waals surface area contributed by atoms with Gasteiger partial charge in [-0.2, -0.15) is 10.1 Å². The van der Waals surface area contributed by atoms with Gasteiger partial charge in [0.05, 0.1) is 24.0 Å².